The number of aromatic nitrogens is 1. The molecule has 2 aromatic rings. The Labute approximate surface area is 153 Å². The van der Waals surface area contributed by atoms with Crippen LogP contribution < -0.4 is 5.32 Å². The molecule has 1 heterocycles. The van der Waals surface area contributed by atoms with E-state index in [-0.39, 0.29) is 11.8 Å². The van der Waals surface area contributed by atoms with Crippen molar-refractivity contribution in [2.75, 3.05) is 18.9 Å². The summed E-state index contributed by atoms with van der Waals surface area (Å²) in [4.78, 5) is 30.8. The van der Waals surface area contributed by atoms with Crippen LogP contribution in [0.1, 0.15) is 19.4 Å². The Kier molecular flexibility index (Phi) is 6.15. The van der Waals surface area contributed by atoms with Gasteiger partial charge in [0.05, 0.1) is 0 Å². The van der Waals surface area contributed by atoms with Crippen molar-refractivity contribution >= 4 is 29.1 Å². The molecule has 25 heavy (non-hydrogen) atoms. The van der Waals surface area contributed by atoms with E-state index in [1.54, 1.807) is 62.5 Å². The fourth-order valence-electron chi connectivity index (χ4n) is 2.34. The summed E-state index contributed by atoms with van der Waals surface area (Å²) in [5, 5.41) is 3.35. The minimum absolute atomic E-state index is 0.229. The summed E-state index contributed by atoms with van der Waals surface area (Å²) >= 11 is 5.84. The van der Waals surface area contributed by atoms with Crippen LogP contribution in [-0.2, 0) is 16.0 Å². The lowest BCUT2D eigenvalue weighted by Crippen LogP contribution is -2.46. The van der Waals surface area contributed by atoms with Crippen molar-refractivity contribution in [1.82, 2.24) is 9.88 Å². The first kappa shape index (κ1) is 18.9. The molecular weight excluding hydrogens is 338 g/mol. The number of halogens is 1. The molecule has 0 spiro atoms. The number of carbonyl (C=O) groups is 2. The molecule has 0 fully saturated rings. The van der Waals surface area contributed by atoms with Gasteiger partial charge < -0.3 is 10.2 Å². The van der Waals surface area contributed by atoms with Crippen LogP contribution >= 0.6 is 11.6 Å². The number of rotatable bonds is 6. The number of anilines is 1. The van der Waals surface area contributed by atoms with Crippen LogP contribution in [0.4, 0.5) is 5.69 Å². The lowest BCUT2D eigenvalue weighted by molar-refractivity contribution is -0.145. The van der Waals surface area contributed by atoms with Gasteiger partial charge in [0, 0.05) is 36.7 Å². The molecule has 0 saturated carbocycles. The number of nitrogens with zero attached hydrogens (tertiary/aromatic N) is 2. The summed E-state index contributed by atoms with van der Waals surface area (Å²) in [5.74, 6) is -0.580. The number of pyridine rings is 1. The van der Waals surface area contributed by atoms with E-state index in [1.807, 2.05) is 12.1 Å². The molecule has 1 aromatic heterocycles. The number of hydrogen-bond acceptors (Lipinski definition) is 3. The second-order valence-electron chi connectivity index (χ2n) is 6.42. The Morgan fingerprint density at radius 3 is 2.32 bits per heavy atom. The van der Waals surface area contributed by atoms with E-state index in [9.17, 15) is 9.59 Å². The van der Waals surface area contributed by atoms with Gasteiger partial charge in [-0.2, -0.15) is 0 Å². The van der Waals surface area contributed by atoms with Crippen molar-refractivity contribution in [2.45, 2.75) is 20.3 Å². The lowest BCUT2D eigenvalue weighted by Gasteiger charge is -2.28. The van der Waals surface area contributed by atoms with Gasteiger partial charge in [-0.15, -0.1) is 0 Å². The van der Waals surface area contributed by atoms with Crippen molar-refractivity contribution in [3.8, 4) is 0 Å². The standard InChI is InChI=1S/C19H22ClN3O2/c1-19(2,17(24)22-16-6-4-15(20)5-7-16)18(25)23(3)13-10-14-8-11-21-12-9-14/h4-9,11-12H,10,13H2,1-3H3,(H,22,24). The average Bonchev–Trinajstić information content (AvgIpc) is 2.61. The molecule has 132 valence electrons. The second-order valence-corrected chi connectivity index (χ2v) is 6.85. The molecule has 0 atom stereocenters. The normalized spacial score (nSPS) is 11.0. The quantitative estimate of drug-likeness (QED) is 0.804. The van der Waals surface area contributed by atoms with Crippen molar-refractivity contribution in [3.05, 3.63) is 59.4 Å². The molecule has 2 rings (SSSR count). The number of likely N-dealkylation sites (N-methyl/N-ethyl adjacent to an activating group) is 1. The topological polar surface area (TPSA) is 62.3 Å². The van der Waals surface area contributed by atoms with E-state index in [2.05, 4.69) is 10.3 Å². The van der Waals surface area contributed by atoms with Crippen LogP contribution in [0.25, 0.3) is 0 Å². The Bertz CT molecular complexity index is 730. The highest BCUT2D eigenvalue weighted by molar-refractivity contribution is 6.30. The van der Waals surface area contributed by atoms with Crippen molar-refractivity contribution in [2.24, 2.45) is 5.41 Å². The maximum absolute atomic E-state index is 12.7. The fourth-order valence-corrected chi connectivity index (χ4v) is 2.47. The average molecular weight is 360 g/mol. The van der Waals surface area contributed by atoms with Crippen LogP contribution in [0.3, 0.4) is 0 Å². The molecule has 0 bridgehead atoms. The maximum Gasteiger partial charge on any atom is 0.239 e. The molecular formula is C19H22ClN3O2. The summed E-state index contributed by atoms with van der Waals surface area (Å²) < 4.78 is 0. The van der Waals surface area contributed by atoms with Crippen molar-refractivity contribution in [1.29, 1.82) is 0 Å². The number of carbonyl (C=O) groups excluding carboxylic acids is 2. The minimum Gasteiger partial charge on any atom is -0.345 e. The second kappa shape index (κ2) is 8.12. The zero-order valence-electron chi connectivity index (χ0n) is 14.6. The highest BCUT2D eigenvalue weighted by atomic mass is 35.5. The van der Waals surface area contributed by atoms with Gasteiger partial charge >= 0.3 is 0 Å². The molecule has 0 unspecified atom stereocenters. The van der Waals surface area contributed by atoms with E-state index < -0.39 is 5.41 Å². The molecule has 0 saturated heterocycles. The summed E-state index contributed by atoms with van der Waals surface area (Å²) in [7, 11) is 1.71. The number of nitrogens with one attached hydrogen (secondary N) is 1. The van der Waals surface area contributed by atoms with Crippen LogP contribution in [0.15, 0.2) is 48.8 Å². The maximum atomic E-state index is 12.7. The molecule has 2 amide bonds. The molecule has 0 radical (unpaired) electrons. The molecule has 0 aliphatic rings. The third-order valence-electron chi connectivity index (χ3n) is 4.04. The minimum atomic E-state index is -1.17. The molecule has 1 aromatic carbocycles. The molecule has 5 nitrogen and oxygen atoms in total. The Morgan fingerprint density at radius 1 is 1.12 bits per heavy atom. The molecule has 6 heteroatoms. The monoisotopic (exact) mass is 359 g/mol. The first-order chi connectivity index (χ1) is 11.8. The third-order valence-corrected chi connectivity index (χ3v) is 4.29. The zero-order chi connectivity index (χ0) is 18.4. The molecule has 0 aliphatic carbocycles. The number of amides is 2. The van der Waals surface area contributed by atoms with E-state index in [4.69, 9.17) is 11.6 Å². The molecule has 0 aliphatic heterocycles. The first-order valence-corrected chi connectivity index (χ1v) is 8.40. The van der Waals surface area contributed by atoms with Crippen LogP contribution in [0.5, 0.6) is 0 Å². The SMILES string of the molecule is CN(CCc1ccncc1)C(=O)C(C)(C)C(=O)Nc1ccc(Cl)cc1. The third kappa shape index (κ3) is 5.03. The number of benzene rings is 1. The van der Waals surface area contributed by atoms with Gasteiger partial charge in [0.25, 0.3) is 0 Å². The first-order valence-electron chi connectivity index (χ1n) is 8.02. The van der Waals surface area contributed by atoms with Crippen molar-refractivity contribution < 1.29 is 9.59 Å². The highest BCUT2D eigenvalue weighted by Gasteiger charge is 2.38. The van der Waals surface area contributed by atoms with Crippen LogP contribution in [-0.4, -0.2) is 35.3 Å². The van der Waals surface area contributed by atoms with E-state index in [0.717, 1.165) is 5.56 Å². The van der Waals surface area contributed by atoms with E-state index in [1.165, 1.54) is 0 Å². The van der Waals surface area contributed by atoms with Gasteiger partial charge in [0.2, 0.25) is 11.8 Å². The Hall–Kier alpha value is -2.40. The zero-order valence-corrected chi connectivity index (χ0v) is 15.4. The lowest BCUT2D eigenvalue weighted by atomic mass is 9.90. The summed E-state index contributed by atoms with van der Waals surface area (Å²) in [5.41, 5.74) is 0.528. The largest absolute Gasteiger partial charge is 0.345 e. The predicted octanol–water partition coefficient (Wildman–Crippen LogP) is 3.40. The van der Waals surface area contributed by atoms with Crippen LogP contribution in [0, 0.1) is 5.41 Å². The van der Waals surface area contributed by atoms with Crippen molar-refractivity contribution in [3.63, 3.8) is 0 Å². The van der Waals surface area contributed by atoms with Gasteiger partial charge in [0.15, 0.2) is 0 Å². The highest BCUT2D eigenvalue weighted by Crippen LogP contribution is 2.22. The summed E-state index contributed by atoms with van der Waals surface area (Å²) in [6.07, 6.45) is 4.15. The Balaban J connectivity index is 1.97. The predicted molar refractivity (Wildman–Crippen MR) is 99.4 cm³/mol. The van der Waals surface area contributed by atoms with E-state index >= 15 is 0 Å². The Morgan fingerprint density at radius 2 is 1.72 bits per heavy atom. The van der Waals surface area contributed by atoms with Crippen LogP contribution in [0.2, 0.25) is 5.02 Å². The van der Waals surface area contributed by atoms with E-state index in [0.29, 0.717) is 23.7 Å². The van der Waals surface area contributed by atoms with Gasteiger partial charge in [-0.3, -0.25) is 14.6 Å². The van der Waals surface area contributed by atoms with Gasteiger partial charge in [-0.25, -0.2) is 0 Å². The smallest absolute Gasteiger partial charge is 0.239 e. The summed E-state index contributed by atoms with van der Waals surface area (Å²) in [6.45, 7) is 3.79. The summed E-state index contributed by atoms with van der Waals surface area (Å²) in [6, 6.07) is 10.6. The van der Waals surface area contributed by atoms with Gasteiger partial charge in [-0.1, -0.05) is 11.6 Å². The fraction of sp³-hybridized carbons (Fsp3) is 0.316. The van der Waals surface area contributed by atoms with Gasteiger partial charge in [0.1, 0.15) is 5.41 Å². The number of hydrogen-bond donors (Lipinski definition) is 1. The molecule has 1 N–H and O–H groups in total. The van der Waals surface area contributed by atoms with Gasteiger partial charge in [-0.05, 0) is 62.2 Å².